The number of hydrogen-bond acceptors (Lipinski definition) is 7. The Hall–Kier alpha value is -4.76. The number of nitrogens with one attached hydrogen (secondary N) is 1. The van der Waals surface area contributed by atoms with Gasteiger partial charge in [-0.1, -0.05) is 6.07 Å². The van der Waals surface area contributed by atoms with E-state index in [0.717, 1.165) is 6.07 Å². The Bertz CT molecular complexity index is 1610. The van der Waals surface area contributed by atoms with Crippen molar-refractivity contribution in [2.75, 3.05) is 25.1 Å². The maximum absolute atomic E-state index is 13.7. The number of rotatable bonds is 7. The molecule has 0 aliphatic carbocycles. The summed E-state index contributed by atoms with van der Waals surface area (Å²) in [6.07, 6.45) is -3.07. The molecule has 0 spiro atoms. The molecular weight excluding hydrogens is 511 g/mol. The number of fused-ring (bicyclic) bond motifs is 1. The lowest BCUT2D eigenvalue weighted by molar-refractivity contribution is -0.138. The van der Waals surface area contributed by atoms with Crippen LogP contribution in [0, 0.1) is 11.3 Å². The van der Waals surface area contributed by atoms with Crippen molar-refractivity contribution in [3.05, 3.63) is 77.1 Å². The van der Waals surface area contributed by atoms with Crippen molar-refractivity contribution in [1.82, 2.24) is 25.1 Å². The summed E-state index contributed by atoms with van der Waals surface area (Å²) in [5, 5.41) is 20.7. The average molecular weight is 534 g/mol. The van der Waals surface area contributed by atoms with Crippen molar-refractivity contribution < 1.29 is 22.7 Å². The third-order valence-corrected chi connectivity index (χ3v) is 6.35. The second-order valence-corrected chi connectivity index (χ2v) is 8.86. The highest BCUT2D eigenvalue weighted by atomic mass is 19.4. The number of nitriles is 1. The molecule has 1 aliphatic heterocycles. The zero-order chi connectivity index (χ0) is 27.7. The number of anilines is 1. The monoisotopic (exact) mass is 533 g/mol. The fourth-order valence-electron chi connectivity index (χ4n) is 4.47. The Balaban J connectivity index is 1.65. The van der Waals surface area contributed by atoms with E-state index in [1.165, 1.54) is 17.0 Å². The minimum absolute atomic E-state index is 0.0269. The second-order valence-electron chi connectivity index (χ2n) is 8.86. The van der Waals surface area contributed by atoms with Gasteiger partial charge in [0.15, 0.2) is 5.82 Å². The van der Waals surface area contributed by atoms with Crippen LogP contribution in [-0.2, 0) is 19.8 Å². The Morgan fingerprint density at radius 1 is 1.13 bits per heavy atom. The number of benzene rings is 2. The van der Waals surface area contributed by atoms with Gasteiger partial charge in [-0.05, 0) is 60.1 Å². The topological polar surface area (TPSA) is 109 Å². The molecule has 9 nitrogen and oxygen atoms in total. The van der Waals surface area contributed by atoms with Crippen LogP contribution in [0.3, 0.4) is 0 Å². The first-order valence-corrected chi connectivity index (χ1v) is 11.9. The van der Waals surface area contributed by atoms with E-state index in [-0.39, 0.29) is 36.0 Å². The smallest absolute Gasteiger partial charge is 0.416 e. The molecule has 3 heterocycles. The summed E-state index contributed by atoms with van der Waals surface area (Å²) in [6, 6.07) is 14.0. The molecule has 0 radical (unpaired) electrons. The predicted molar refractivity (Wildman–Crippen MR) is 136 cm³/mol. The molecule has 2 aromatic heterocycles. The zero-order valence-electron chi connectivity index (χ0n) is 21.0. The number of likely N-dealkylation sites (N-methyl/N-ethyl adjacent to an activating group) is 1. The van der Waals surface area contributed by atoms with Crippen LogP contribution in [0.1, 0.15) is 27.0 Å². The van der Waals surface area contributed by atoms with E-state index in [9.17, 15) is 23.2 Å². The molecule has 4 aromatic rings. The number of amides is 1. The van der Waals surface area contributed by atoms with Gasteiger partial charge in [0, 0.05) is 30.8 Å². The van der Waals surface area contributed by atoms with Gasteiger partial charge in [0.05, 0.1) is 23.7 Å². The maximum Gasteiger partial charge on any atom is 0.416 e. The van der Waals surface area contributed by atoms with Crippen LogP contribution in [0.5, 0.6) is 5.88 Å². The van der Waals surface area contributed by atoms with E-state index in [2.05, 4.69) is 26.6 Å². The van der Waals surface area contributed by atoms with Crippen molar-refractivity contribution in [2.24, 2.45) is 7.05 Å². The first-order valence-electron chi connectivity index (χ1n) is 11.9. The molecule has 0 atom stereocenters. The summed E-state index contributed by atoms with van der Waals surface area (Å²) >= 11 is 0. The predicted octanol–water partition coefficient (Wildman–Crippen LogP) is 4.19. The van der Waals surface area contributed by atoms with E-state index >= 15 is 0 Å². The molecule has 198 valence electrons. The number of aryl methyl sites for hydroxylation is 1. The maximum atomic E-state index is 13.7. The number of ether oxygens (including phenoxy) is 1. The van der Waals surface area contributed by atoms with Gasteiger partial charge in [-0.2, -0.15) is 23.4 Å². The van der Waals surface area contributed by atoms with Crippen LogP contribution in [0.4, 0.5) is 19.0 Å². The van der Waals surface area contributed by atoms with Gasteiger partial charge >= 0.3 is 6.18 Å². The molecule has 1 amide bonds. The Morgan fingerprint density at radius 3 is 2.64 bits per heavy atom. The molecule has 39 heavy (non-hydrogen) atoms. The van der Waals surface area contributed by atoms with E-state index in [1.807, 2.05) is 0 Å². The largest absolute Gasteiger partial charge is 0.476 e. The van der Waals surface area contributed by atoms with E-state index in [0.29, 0.717) is 34.6 Å². The number of hydrogen-bond donors (Lipinski definition) is 1. The molecule has 1 aliphatic rings. The van der Waals surface area contributed by atoms with Crippen LogP contribution in [0.2, 0.25) is 0 Å². The molecule has 0 saturated heterocycles. The summed E-state index contributed by atoms with van der Waals surface area (Å²) < 4.78 is 48.6. The van der Waals surface area contributed by atoms with Crippen LogP contribution in [-0.4, -0.2) is 45.9 Å². The van der Waals surface area contributed by atoms with Crippen molar-refractivity contribution >= 4 is 11.7 Å². The first kappa shape index (κ1) is 25.9. The Morgan fingerprint density at radius 2 is 1.95 bits per heavy atom. The van der Waals surface area contributed by atoms with Gasteiger partial charge in [-0.3, -0.25) is 9.69 Å². The third kappa shape index (κ3) is 4.92. The molecule has 0 unspecified atom stereocenters. The molecule has 12 heteroatoms. The van der Waals surface area contributed by atoms with Gasteiger partial charge < -0.3 is 14.6 Å². The number of carbonyl (C=O) groups is 1. The van der Waals surface area contributed by atoms with Crippen LogP contribution < -0.4 is 15.0 Å². The molecule has 0 fully saturated rings. The SMILES string of the molecule is CNCCOc1cc(-c2cc(C#N)ccc2-c2nncn2C)cc(N2Cc3c(cccc3C(F)(F)F)C2=O)n1. The zero-order valence-corrected chi connectivity index (χ0v) is 21.0. The standard InChI is InChI=1S/C27H22F3N7O2/c1-32-8-9-39-24-12-17(20-10-16(13-31)6-7-18(20)25-35-33-15-36(25)2)11-23(34-24)37-14-21-19(26(37)38)4-3-5-22(21)27(28,29)30/h3-7,10-12,15,32H,8-9,14H2,1-2H3. The van der Waals surface area contributed by atoms with E-state index < -0.39 is 17.6 Å². The summed E-state index contributed by atoms with van der Waals surface area (Å²) in [7, 11) is 3.54. The fraction of sp³-hybridized carbons (Fsp3) is 0.222. The molecule has 2 aromatic carbocycles. The fourth-order valence-corrected chi connectivity index (χ4v) is 4.47. The Labute approximate surface area is 221 Å². The second kappa shape index (κ2) is 10.2. The van der Waals surface area contributed by atoms with Gasteiger partial charge in [-0.25, -0.2) is 0 Å². The number of pyridine rings is 1. The van der Waals surface area contributed by atoms with E-state index in [4.69, 9.17) is 4.74 Å². The molecule has 0 bridgehead atoms. The Kier molecular flexibility index (Phi) is 6.76. The van der Waals surface area contributed by atoms with Gasteiger partial charge in [0.2, 0.25) is 5.88 Å². The lowest BCUT2D eigenvalue weighted by Gasteiger charge is -2.19. The number of carbonyl (C=O) groups excluding carboxylic acids is 1. The molecule has 5 rings (SSSR count). The number of nitrogens with zero attached hydrogens (tertiary/aromatic N) is 6. The van der Waals surface area contributed by atoms with Gasteiger partial charge in [0.1, 0.15) is 18.8 Å². The van der Waals surface area contributed by atoms with Crippen LogP contribution >= 0.6 is 0 Å². The average Bonchev–Trinajstić information content (AvgIpc) is 3.50. The molecule has 1 N–H and O–H groups in total. The van der Waals surface area contributed by atoms with Crippen molar-refractivity contribution in [2.45, 2.75) is 12.7 Å². The molecule has 0 saturated carbocycles. The lowest BCUT2D eigenvalue weighted by atomic mass is 9.97. The highest BCUT2D eigenvalue weighted by Gasteiger charge is 2.40. The van der Waals surface area contributed by atoms with Crippen molar-refractivity contribution in [1.29, 1.82) is 5.26 Å². The minimum Gasteiger partial charge on any atom is -0.476 e. The normalized spacial score (nSPS) is 12.9. The molecular formula is C27H22F3N7O2. The van der Waals surface area contributed by atoms with Crippen molar-refractivity contribution in [3.63, 3.8) is 0 Å². The minimum atomic E-state index is -4.61. The summed E-state index contributed by atoms with van der Waals surface area (Å²) in [6.45, 7) is 0.468. The highest BCUT2D eigenvalue weighted by molar-refractivity contribution is 6.10. The quantitative estimate of drug-likeness (QED) is 0.355. The van der Waals surface area contributed by atoms with E-state index in [1.54, 1.807) is 55.3 Å². The van der Waals surface area contributed by atoms with Crippen LogP contribution in [0.25, 0.3) is 22.5 Å². The number of halogens is 3. The lowest BCUT2D eigenvalue weighted by Crippen LogP contribution is -2.24. The van der Waals surface area contributed by atoms with Crippen LogP contribution in [0.15, 0.2) is 54.9 Å². The number of alkyl halides is 3. The third-order valence-electron chi connectivity index (χ3n) is 6.35. The van der Waals surface area contributed by atoms with Gasteiger partial charge in [0.25, 0.3) is 5.91 Å². The number of aromatic nitrogens is 4. The first-order chi connectivity index (χ1) is 18.7. The van der Waals surface area contributed by atoms with Gasteiger partial charge in [-0.15, -0.1) is 10.2 Å². The summed E-state index contributed by atoms with van der Waals surface area (Å²) in [5.41, 5.74) is 1.17. The highest BCUT2D eigenvalue weighted by Crippen LogP contribution is 2.40. The summed E-state index contributed by atoms with van der Waals surface area (Å²) in [5.74, 6) is 0.225. The summed E-state index contributed by atoms with van der Waals surface area (Å²) in [4.78, 5) is 19.0. The van der Waals surface area contributed by atoms with Crippen molar-refractivity contribution in [3.8, 4) is 34.5 Å².